The first-order valence-corrected chi connectivity index (χ1v) is 7.31. The van der Waals surface area contributed by atoms with Crippen molar-refractivity contribution in [2.45, 2.75) is 77.7 Å². The van der Waals surface area contributed by atoms with E-state index in [0.29, 0.717) is 12.8 Å². The molecule has 0 radical (unpaired) electrons. The average molecular weight is 297 g/mol. The Kier molecular flexibility index (Phi) is 5.07. The molecule has 5 heteroatoms. The summed E-state index contributed by atoms with van der Waals surface area (Å²) in [6.07, 6.45) is 2.42. The number of rotatable bonds is 2. The lowest BCUT2D eigenvalue weighted by Crippen LogP contribution is -2.48. The van der Waals surface area contributed by atoms with Gasteiger partial charge >= 0.3 is 12.1 Å². The summed E-state index contributed by atoms with van der Waals surface area (Å²) >= 11 is 0. The summed E-state index contributed by atoms with van der Waals surface area (Å²) in [5.74, 6) is -0.391. The Balaban J connectivity index is 2.90. The highest BCUT2D eigenvalue weighted by molar-refractivity contribution is 5.83. The Bertz CT molecular complexity index is 417. The van der Waals surface area contributed by atoms with Crippen molar-refractivity contribution in [3.8, 4) is 0 Å². The molecule has 5 nitrogen and oxygen atoms in total. The van der Waals surface area contributed by atoms with Crippen molar-refractivity contribution >= 4 is 12.1 Å². The molecule has 0 N–H and O–H groups in total. The van der Waals surface area contributed by atoms with Crippen molar-refractivity contribution in [2.75, 3.05) is 0 Å². The zero-order valence-electron chi connectivity index (χ0n) is 13.9. The van der Waals surface area contributed by atoms with Crippen LogP contribution in [0.3, 0.4) is 0 Å². The van der Waals surface area contributed by atoms with Crippen LogP contribution in [0.4, 0.5) is 4.79 Å². The summed E-state index contributed by atoms with van der Waals surface area (Å²) in [6, 6.07) is -0.806. The van der Waals surface area contributed by atoms with Gasteiger partial charge in [0.25, 0.3) is 0 Å². The highest BCUT2D eigenvalue weighted by Gasteiger charge is 2.43. The van der Waals surface area contributed by atoms with Crippen LogP contribution in [-0.2, 0) is 14.3 Å². The van der Waals surface area contributed by atoms with Gasteiger partial charge in [-0.25, -0.2) is 9.59 Å². The van der Waals surface area contributed by atoms with E-state index in [1.807, 2.05) is 20.8 Å². The van der Waals surface area contributed by atoms with Gasteiger partial charge in [0, 0.05) is 0 Å². The fraction of sp³-hybridized carbons (Fsp3) is 0.750. The summed E-state index contributed by atoms with van der Waals surface area (Å²) in [4.78, 5) is 26.1. The van der Waals surface area contributed by atoms with Gasteiger partial charge in [0.2, 0.25) is 0 Å². The van der Waals surface area contributed by atoms with Crippen molar-refractivity contribution in [2.24, 2.45) is 0 Å². The predicted molar refractivity (Wildman–Crippen MR) is 80.9 cm³/mol. The van der Waals surface area contributed by atoms with Crippen LogP contribution >= 0.6 is 0 Å². The maximum absolute atomic E-state index is 12.4. The normalized spacial score (nSPS) is 22.9. The molecule has 1 fully saturated rings. The Morgan fingerprint density at radius 2 is 1.57 bits per heavy atom. The maximum Gasteiger partial charge on any atom is 0.411 e. The number of carbonyl (C=O) groups is 2. The number of amides is 1. The molecule has 1 saturated heterocycles. The Morgan fingerprint density at radius 3 is 2.00 bits per heavy atom. The van der Waals surface area contributed by atoms with Gasteiger partial charge in [-0.1, -0.05) is 6.08 Å². The third-order valence-electron chi connectivity index (χ3n) is 2.98. The monoisotopic (exact) mass is 297 g/mol. The van der Waals surface area contributed by atoms with Gasteiger partial charge in [-0.3, -0.25) is 4.90 Å². The molecule has 2 atom stereocenters. The summed E-state index contributed by atoms with van der Waals surface area (Å²) in [7, 11) is 0. The smallest absolute Gasteiger partial charge is 0.411 e. The molecule has 0 aromatic heterocycles. The standard InChI is InChI=1S/C16H27NO4/c1-8-11-9-10-12(13(18)20-15(2,3)4)17(11)14(19)21-16(5,6)7/h8,11-12H,1,9-10H2,2-7H3. The SMILES string of the molecule is C=CC1CCC(C(=O)OC(C)(C)C)N1C(=O)OC(C)(C)C. The Morgan fingerprint density at radius 1 is 1.05 bits per heavy atom. The Hall–Kier alpha value is -1.52. The maximum atomic E-state index is 12.4. The number of carbonyl (C=O) groups excluding carboxylic acids is 2. The molecule has 120 valence electrons. The Labute approximate surface area is 127 Å². The van der Waals surface area contributed by atoms with E-state index >= 15 is 0 Å². The van der Waals surface area contributed by atoms with E-state index in [2.05, 4.69) is 6.58 Å². The van der Waals surface area contributed by atoms with E-state index in [1.54, 1.807) is 26.8 Å². The largest absolute Gasteiger partial charge is 0.458 e. The molecule has 1 rings (SSSR count). The molecule has 0 saturated carbocycles. The molecular weight excluding hydrogens is 270 g/mol. The minimum atomic E-state index is -0.609. The first-order chi connectivity index (χ1) is 9.44. The van der Waals surface area contributed by atoms with E-state index in [0.717, 1.165) is 0 Å². The van der Waals surface area contributed by atoms with Gasteiger partial charge < -0.3 is 9.47 Å². The topological polar surface area (TPSA) is 55.8 Å². The van der Waals surface area contributed by atoms with Gasteiger partial charge in [0.1, 0.15) is 17.2 Å². The predicted octanol–water partition coefficient (Wildman–Crippen LogP) is 3.28. The van der Waals surface area contributed by atoms with Crippen molar-refractivity contribution < 1.29 is 19.1 Å². The molecular formula is C16H27NO4. The van der Waals surface area contributed by atoms with Crippen LogP contribution < -0.4 is 0 Å². The molecule has 1 aliphatic heterocycles. The second kappa shape index (κ2) is 6.08. The fourth-order valence-corrected chi connectivity index (χ4v) is 2.25. The molecule has 0 spiro atoms. The molecule has 0 aliphatic carbocycles. The number of hydrogen-bond acceptors (Lipinski definition) is 4. The van der Waals surface area contributed by atoms with Crippen LogP contribution in [0, 0.1) is 0 Å². The minimum absolute atomic E-state index is 0.197. The molecule has 0 aromatic carbocycles. The zero-order chi connectivity index (χ0) is 16.4. The zero-order valence-corrected chi connectivity index (χ0v) is 13.9. The van der Waals surface area contributed by atoms with Crippen LogP contribution in [0.25, 0.3) is 0 Å². The van der Waals surface area contributed by atoms with Gasteiger partial charge in [0.05, 0.1) is 6.04 Å². The second-order valence-corrected chi connectivity index (χ2v) is 7.32. The van der Waals surface area contributed by atoms with Gasteiger partial charge in [-0.05, 0) is 54.4 Å². The lowest BCUT2D eigenvalue weighted by Gasteiger charge is -2.32. The molecule has 1 aliphatic rings. The first-order valence-electron chi connectivity index (χ1n) is 7.31. The van der Waals surface area contributed by atoms with Crippen molar-refractivity contribution in [1.29, 1.82) is 0 Å². The van der Waals surface area contributed by atoms with Crippen molar-refractivity contribution in [3.63, 3.8) is 0 Å². The quantitative estimate of drug-likeness (QED) is 0.580. The molecule has 2 unspecified atom stereocenters. The van der Waals surface area contributed by atoms with Crippen LogP contribution in [-0.4, -0.2) is 40.2 Å². The number of hydrogen-bond donors (Lipinski definition) is 0. The molecule has 1 heterocycles. The van der Waals surface area contributed by atoms with E-state index in [-0.39, 0.29) is 6.04 Å². The third-order valence-corrected chi connectivity index (χ3v) is 2.98. The summed E-state index contributed by atoms with van der Waals surface area (Å²) in [5, 5.41) is 0. The van der Waals surface area contributed by atoms with E-state index < -0.39 is 29.3 Å². The van der Waals surface area contributed by atoms with Crippen LogP contribution in [0.5, 0.6) is 0 Å². The van der Waals surface area contributed by atoms with E-state index in [9.17, 15) is 9.59 Å². The lowest BCUT2D eigenvalue weighted by molar-refractivity contribution is -0.160. The molecule has 1 amide bonds. The number of nitrogens with zero attached hydrogens (tertiary/aromatic N) is 1. The van der Waals surface area contributed by atoms with Crippen LogP contribution in [0.15, 0.2) is 12.7 Å². The third kappa shape index (κ3) is 5.06. The number of likely N-dealkylation sites (tertiary alicyclic amines) is 1. The first kappa shape index (κ1) is 17.5. The second-order valence-electron chi connectivity index (χ2n) is 7.32. The van der Waals surface area contributed by atoms with Crippen molar-refractivity contribution in [1.82, 2.24) is 4.90 Å². The number of ether oxygens (including phenoxy) is 2. The fourth-order valence-electron chi connectivity index (χ4n) is 2.25. The van der Waals surface area contributed by atoms with Crippen LogP contribution in [0.2, 0.25) is 0 Å². The van der Waals surface area contributed by atoms with Gasteiger partial charge in [0.15, 0.2) is 0 Å². The van der Waals surface area contributed by atoms with Gasteiger partial charge in [-0.15, -0.1) is 6.58 Å². The van der Waals surface area contributed by atoms with Crippen LogP contribution in [0.1, 0.15) is 54.4 Å². The highest BCUT2D eigenvalue weighted by Crippen LogP contribution is 2.29. The average Bonchev–Trinajstić information content (AvgIpc) is 2.67. The molecule has 0 bridgehead atoms. The summed E-state index contributed by atoms with van der Waals surface area (Å²) in [6.45, 7) is 14.6. The minimum Gasteiger partial charge on any atom is -0.458 e. The van der Waals surface area contributed by atoms with Gasteiger partial charge in [-0.2, -0.15) is 0 Å². The van der Waals surface area contributed by atoms with E-state index in [1.165, 1.54) is 4.90 Å². The number of esters is 1. The molecule has 21 heavy (non-hydrogen) atoms. The molecule has 0 aromatic rings. The lowest BCUT2D eigenvalue weighted by atomic mass is 10.1. The van der Waals surface area contributed by atoms with E-state index in [4.69, 9.17) is 9.47 Å². The summed E-state index contributed by atoms with van der Waals surface area (Å²) < 4.78 is 10.8. The van der Waals surface area contributed by atoms with Crippen molar-refractivity contribution in [3.05, 3.63) is 12.7 Å². The summed E-state index contributed by atoms with van der Waals surface area (Å²) in [5.41, 5.74) is -1.19. The highest BCUT2D eigenvalue weighted by atomic mass is 16.6.